The predicted molar refractivity (Wildman–Crippen MR) is 94.6 cm³/mol. The molecule has 4 aromatic rings. The molecule has 4 rings (SSSR count). The molecular weight excluding hydrogens is 345 g/mol. The van der Waals surface area contributed by atoms with Crippen molar-refractivity contribution in [1.82, 2.24) is 25.0 Å². The van der Waals surface area contributed by atoms with Crippen molar-refractivity contribution in [3.05, 3.63) is 64.3 Å². The van der Waals surface area contributed by atoms with Gasteiger partial charge < -0.3 is 0 Å². The zero-order valence-corrected chi connectivity index (χ0v) is 14.1. The average Bonchev–Trinajstić information content (AvgIpc) is 2.92. The Morgan fingerprint density at radius 2 is 1.75 bits per heavy atom. The Morgan fingerprint density at radius 1 is 0.958 bits per heavy atom. The lowest BCUT2D eigenvalue weighted by atomic mass is 10.2. The van der Waals surface area contributed by atoms with Gasteiger partial charge in [0.1, 0.15) is 5.52 Å². The summed E-state index contributed by atoms with van der Waals surface area (Å²) in [4.78, 5) is 4.61. The highest BCUT2D eigenvalue weighted by Crippen LogP contribution is 2.27. The van der Waals surface area contributed by atoms with Crippen LogP contribution in [0.3, 0.4) is 0 Å². The topological polar surface area (TPSA) is 56.5 Å². The van der Waals surface area contributed by atoms with Gasteiger partial charge in [-0.1, -0.05) is 53.5 Å². The number of aromatic nitrogens is 5. The van der Waals surface area contributed by atoms with Crippen LogP contribution in [-0.2, 0) is 0 Å². The molecule has 7 heteroatoms. The molecule has 2 heterocycles. The van der Waals surface area contributed by atoms with Crippen molar-refractivity contribution in [2.24, 2.45) is 0 Å². The highest BCUT2D eigenvalue weighted by atomic mass is 35.5. The van der Waals surface area contributed by atoms with E-state index < -0.39 is 0 Å². The van der Waals surface area contributed by atoms with Crippen molar-refractivity contribution in [1.29, 1.82) is 0 Å². The maximum atomic E-state index is 6.29. The van der Waals surface area contributed by atoms with Gasteiger partial charge in [0.25, 0.3) is 0 Å². The number of aryl methyl sites for hydroxylation is 1. The molecule has 0 atom stereocenters. The van der Waals surface area contributed by atoms with E-state index in [1.165, 1.54) is 0 Å². The Balaban J connectivity index is 1.91. The van der Waals surface area contributed by atoms with Crippen molar-refractivity contribution >= 4 is 34.4 Å². The molecule has 0 unspecified atom stereocenters. The fourth-order valence-corrected chi connectivity index (χ4v) is 2.97. The fourth-order valence-electron chi connectivity index (χ4n) is 2.48. The molecule has 0 spiro atoms. The summed E-state index contributed by atoms with van der Waals surface area (Å²) >= 11 is 12.2. The summed E-state index contributed by atoms with van der Waals surface area (Å²) in [7, 11) is 0. The minimum absolute atomic E-state index is 0.487. The van der Waals surface area contributed by atoms with Gasteiger partial charge in [-0.05, 0) is 25.1 Å². The second-order valence-electron chi connectivity index (χ2n) is 5.27. The molecule has 0 fully saturated rings. The number of fused-ring (bicyclic) bond motifs is 1. The maximum Gasteiger partial charge on any atom is 0.204 e. The first kappa shape index (κ1) is 15.1. The standard InChI is InChI=1S/C17H11Cl2N5/c1-10-15-17(22-21-16(20-15)11-5-3-2-4-6-11)24(23-10)14-8-7-12(18)9-13(14)19/h2-9H,1H3. The average molecular weight is 356 g/mol. The summed E-state index contributed by atoms with van der Waals surface area (Å²) in [5, 5.41) is 14.1. The van der Waals surface area contributed by atoms with E-state index in [0.717, 1.165) is 11.3 Å². The van der Waals surface area contributed by atoms with E-state index in [2.05, 4.69) is 20.3 Å². The number of hydrogen-bond acceptors (Lipinski definition) is 4. The molecule has 5 nitrogen and oxygen atoms in total. The van der Waals surface area contributed by atoms with Crippen LogP contribution >= 0.6 is 23.2 Å². The van der Waals surface area contributed by atoms with Gasteiger partial charge in [0.2, 0.25) is 5.65 Å². The summed E-state index contributed by atoms with van der Waals surface area (Å²) in [6.45, 7) is 1.88. The van der Waals surface area contributed by atoms with Crippen LogP contribution in [-0.4, -0.2) is 25.0 Å². The first-order valence-electron chi connectivity index (χ1n) is 7.24. The Hall–Kier alpha value is -2.50. The van der Waals surface area contributed by atoms with Crippen molar-refractivity contribution in [3.63, 3.8) is 0 Å². The smallest absolute Gasteiger partial charge is 0.204 e. The molecule has 0 amide bonds. The number of benzene rings is 2. The van der Waals surface area contributed by atoms with Gasteiger partial charge >= 0.3 is 0 Å². The van der Waals surface area contributed by atoms with Gasteiger partial charge in [-0.25, -0.2) is 9.67 Å². The molecule has 2 aromatic carbocycles. The highest BCUT2D eigenvalue weighted by Gasteiger charge is 2.16. The van der Waals surface area contributed by atoms with Gasteiger partial charge in [0, 0.05) is 10.6 Å². The number of nitrogens with zero attached hydrogens (tertiary/aromatic N) is 5. The Bertz CT molecular complexity index is 1040. The van der Waals surface area contributed by atoms with E-state index in [0.29, 0.717) is 32.7 Å². The van der Waals surface area contributed by atoms with Crippen LogP contribution in [0.2, 0.25) is 10.0 Å². The van der Waals surface area contributed by atoms with E-state index in [1.807, 2.05) is 37.3 Å². The Kier molecular flexibility index (Phi) is 3.67. The van der Waals surface area contributed by atoms with Crippen molar-refractivity contribution in [2.75, 3.05) is 0 Å². The van der Waals surface area contributed by atoms with Crippen LogP contribution in [0.1, 0.15) is 5.69 Å². The molecular formula is C17H11Cl2N5. The molecule has 0 aliphatic carbocycles. The normalized spacial score (nSPS) is 11.1. The number of hydrogen-bond donors (Lipinski definition) is 0. The van der Waals surface area contributed by atoms with E-state index in [1.54, 1.807) is 22.9 Å². The molecule has 0 saturated carbocycles. The van der Waals surface area contributed by atoms with Crippen molar-refractivity contribution in [2.45, 2.75) is 6.92 Å². The first-order valence-corrected chi connectivity index (χ1v) is 8.00. The molecule has 24 heavy (non-hydrogen) atoms. The quantitative estimate of drug-likeness (QED) is 0.531. The molecule has 0 saturated heterocycles. The van der Waals surface area contributed by atoms with Crippen LogP contribution in [0, 0.1) is 6.92 Å². The van der Waals surface area contributed by atoms with Crippen molar-refractivity contribution < 1.29 is 0 Å². The highest BCUT2D eigenvalue weighted by molar-refractivity contribution is 6.35. The summed E-state index contributed by atoms with van der Waals surface area (Å²) in [6, 6.07) is 14.9. The van der Waals surface area contributed by atoms with Crippen LogP contribution in [0.4, 0.5) is 0 Å². The number of halogens is 2. The first-order chi connectivity index (χ1) is 11.6. The van der Waals surface area contributed by atoms with Gasteiger partial charge in [0.05, 0.1) is 16.4 Å². The summed E-state index contributed by atoms with van der Waals surface area (Å²) in [5.74, 6) is 0.563. The third-order valence-electron chi connectivity index (χ3n) is 3.63. The van der Waals surface area contributed by atoms with Crippen LogP contribution < -0.4 is 0 Å². The third-order valence-corrected chi connectivity index (χ3v) is 4.17. The van der Waals surface area contributed by atoms with Crippen molar-refractivity contribution in [3.8, 4) is 17.1 Å². The molecule has 2 aromatic heterocycles. The number of rotatable bonds is 2. The van der Waals surface area contributed by atoms with Gasteiger partial charge in [-0.2, -0.15) is 5.10 Å². The van der Waals surface area contributed by atoms with Crippen LogP contribution in [0.25, 0.3) is 28.2 Å². The molecule has 0 radical (unpaired) electrons. The zero-order chi connectivity index (χ0) is 16.7. The summed E-state index contributed by atoms with van der Waals surface area (Å²) < 4.78 is 1.64. The lowest BCUT2D eigenvalue weighted by Gasteiger charge is -2.05. The molecule has 0 aliphatic rings. The fraction of sp³-hybridized carbons (Fsp3) is 0.0588. The lowest BCUT2D eigenvalue weighted by Crippen LogP contribution is -2.01. The summed E-state index contributed by atoms with van der Waals surface area (Å²) in [6.07, 6.45) is 0. The van der Waals surface area contributed by atoms with Crippen LogP contribution in [0.5, 0.6) is 0 Å². The van der Waals surface area contributed by atoms with E-state index in [-0.39, 0.29) is 0 Å². The second kappa shape index (κ2) is 5.85. The largest absolute Gasteiger partial charge is 0.221 e. The van der Waals surface area contributed by atoms with Gasteiger partial charge in [-0.15, -0.1) is 10.2 Å². The minimum Gasteiger partial charge on any atom is -0.221 e. The lowest BCUT2D eigenvalue weighted by molar-refractivity contribution is 0.863. The maximum absolute atomic E-state index is 6.29. The third kappa shape index (κ3) is 2.52. The summed E-state index contributed by atoms with van der Waals surface area (Å²) in [5.41, 5.74) is 3.58. The van der Waals surface area contributed by atoms with E-state index in [4.69, 9.17) is 23.2 Å². The minimum atomic E-state index is 0.487. The monoisotopic (exact) mass is 355 g/mol. The van der Waals surface area contributed by atoms with E-state index in [9.17, 15) is 0 Å². The molecule has 0 bridgehead atoms. The second-order valence-corrected chi connectivity index (χ2v) is 6.11. The van der Waals surface area contributed by atoms with Gasteiger partial charge in [-0.3, -0.25) is 0 Å². The Morgan fingerprint density at radius 3 is 2.50 bits per heavy atom. The zero-order valence-electron chi connectivity index (χ0n) is 12.6. The molecule has 0 aliphatic heterocycles. The Labute approximate surface area is 147 Å². The molecule has 118 valence electrons. The van der Waals surface area contributed by atoms with Gasteiger partial charge in [0.15, 0.2) is 5.82 Å². The molecule has 0 N–H and O–H groups in total. The predicted octanol–water partition coefficient (Wildman–Crippen LogP) is 4.49. The SMILES string of the molecule is Cc1nn(-c2ccc(Cl)cc2Cl)c2nnc(-c3ccccc3)nc12. The van der Waals surface area contributed by atoms with Crippen LogP contribution in [0.15, 0.2) is 48.5 Å². The van der Waals surface area contributed by atoms with E-state index >= 15 is 0 Å².